The van der Waals surface area contributed by atoms with E-state index < -0.39 is 10.0 Å². The number of hydrogen-bond donors (Lipinski definition) is 0. The summed E-state index contributed by atoms with van der Waals surface area (Å²) in [5, 5.41) is 0.716. The summed E-state index contributed by atoms with van der Waals surface area (Å²) in [7, 11) is -0.628. The van der Waals surface area contributed by atoms with Crippen LogP contribution < -0.4 is 10.5 Å². The lowest BCUT2D eigenvalue weighted by Gasteiger charge is -2.37. The van der Waals surface area contributed by atoms with Crippen LogP contribution in [0.1, 0.15) is 5.56 Å². The van der Waals surface area contributed by atoms with Crippen LogP contribution in [0.15, 0.2) is 46.2 Å². The number of benzene rings is 1. The molecule has 0 amide bonds. The highest BCUT2D eigenvalue weighted by Crippen LogP contribution is 2.25. The van der Waals surface area contributed by atoms with Crippen molar-refractivity contribution in [3.8, 4) is 0 Å². The summed E-state index contributed by atoms with van der Waals surface area (Å²) in [6.07, 6.45) is 1.42. The number of anilines is 1. The zero-order valence-corrected chi connectivity index (χ0v) is 17.9. The SMILES string of the molecule is Cc1ccc(Cl)cc1N1CCN(Cn2cc(S(=O)(=O)N(C)C)ccc2=O)CC1. The van der Waals surface area contributed by atoms with Gasteiger partial charge in [-0.1, -0.05) is 17.7 Å². The van der Waals surface area contributed by atoms with E-state index in [4.69, 9.17) is 11.6 Å². The van der Waals surface area contributed by atoms with Gasteiger partial charge in [-0.05, 0) is 30.7 Å². The van der Waals surface area contributed by atoms with Crippen molar-refractivity contribution in [2.45, 2.75) is 18.5 Å². The third-order valence-corrected chi connectivity index (χ3v) is 7.01. The van der Waals surface area contributed by atoms with Crippen LogP contribution in [-0.2, 0) is 16.7 Å². The fraction of sp³-hybridized carbons (Fsp3) is 0.421. The molecular weight excluding hydrogens is 400 g/mol. The first kappa shape index (κ1) is 20.9. The third-order valence-electron chi connectivity index (χ3n) is 4.97. The number of piperazine rings is 1. The van der Waals surface area contributed by atoms with Gasteiger partial charge >= 0.3 is 0 Å². The summed E-state index contributed by atoms with van der Waals surface area (Å²) in [6.45, 7) is 5.58. The van der Waals surface area contributed by atoms with Gasteiger partial charge in [0, 0.05) is 63.2 Å². The second-order valence-corrected chi connectivity index (χ2v) is 9.73. The highest BCUT2D eigenvalue weighted by molar-refractivity contribution is 7.89. The summed E-state index contributed by atoms with van der Waals surface area (Å²) in [6, 6.07) is 8.54. The minimum absolute atomic E-state index is 0.116. The van der Waals surface area contributed by atoms with Crippen molar-refractivity contribution in [3.05, 3.63) is 57.5 Å². The summed E-state index contributed by atoms with van der Waals surface area (Å²) in [5.74, 6) is 0. The van der Waals surface area contributed by atoms with Gasteiger partial charge in [-0.15, -0.1) is 0 Å². The maximum Gasteiger partial charge on any atom is 0.251 e. The maximum atomic E-state index is 12.3. The van der Waals surface area contributed by atoms with Gasteiger partial charge in [-0.25, -0.2) is 12.7 Å². The van der Waals surface area contributed by atoms with Crippen molar-refractivity contribution in [2.24, 2.45) is 0 Å². The molecular formula is C19H25ClN4O3S. The maximum absolute atomic E-state index is 12.3. The Hall–Kier alpha value is -1.87. The van der Waals surface area contributed by atoms with E-state index in [1.807, 2.05) is 18.2 Å². The average Bonchev–Trinajstić information content (AvgIpc) is 2.66. The molecule has 9 heteroatoms. The van der Waals surface area contributed by atoms with Gasteiger partial charge in [0.05, 0.1) is 11.6 Å². The van der Waals surface area contributed by atoms with Crippen LogP contribution in [0, 0.1) is 6.92 Å². The smallest absolute Gasteiger partial charge is 0.251 e. The number of nitrogens with zero attached hydrogens (tertiary/aromatic N) is 4. The van der Waals surface area contributed by atoms with E-state index in [1.54, 1.807) is 0 Å². The number of pyridine rings is 1. The molecule has 1 saturated heterocycles. The highest BCUT2D eigenvalue weighted by atomic mass is 35.5. The summed E-state index contributed by atoms with van der Waals surface area (Å²) in [4.78, 5) is 16.8. The molecule has 1 aliphatic rings. The normalized spacial score (nSPS) is 16.0. The molecule has 0 saturated carbocycles. The first-order chi connectivity index (χ1) is 13.2. The van der Waals surface area contributed by atoms with Crippen LogP contribution in [0.3, 0.4) is 0 Å². The number of aromatic nitrogens is 1. The van der Waals surface area contributed by atoms with Gasteiger partial charge in [0.25, 0.3) is 5.56 Å². The summed E-state index contributed by atoms with van der Waals surface area (Å²) >= 11 is 6.14. The number of rotatable bonds is 5. The average molecular weight is 425 g/mol. The van der Waals surface area contributed by atoms with E-state index in [0.29, 0.717) is 11.7 Å². The van der Waals surface area contributed by atoms with Gasteiger partial charge in [0.15, 0.2) is 0 Å². The van der Waals surface area contributed by atoms with E-state index >= 15 is 0 Å². The van der Waals surface area contributed by atoms with Crippen LogP contribution in [-0.4, -0.2) is 62.5 Å². The van der Waals surface area contributed by atoms with Gasteiger partial charge in [0.1, 0.15) is 0 Å². The Labute approximate surface area is 170 Å². The van der Waals surface area contributed by atoms with Crippen LogP contribution in [0.2, 0.25) is 5.02 Å². The fourth-order valence-electron chi connectivity index (χ4n) is 3.25. The van der Waals surface area contributed by atoms with Crippen molar-refractivity contribution in [2.75, 3.05) is 45.2 Å². The molecule has 7 nitrogen and oxygen atoms in total. The topological polar surface area (TPSA) is 65.9 Å². The monoisotopic (exact) mass is 424 g/mol. The van der Waals surface area contributed by atoms with Gasteiger partial charge in [-0.2, -0.15) is 0 Å². The first-order valence-corrected chi connectivity index (χ1v) is 10.9. The van der Waals surface area contributed by atoms with E-state index in [0.717, 1.165) is 36.2 Å². The Balaban J connectivity index is 1.71. The Kier molecular flexibility index (Phi) is 6.14. The molecule has 1 aliphatic heterocycles. The molecule has 1 aromatic heterocycles. The number of hydrogen-bond acceptors (Lipinski definition) is 5. The Morgan fingerprint density at radius 2 is 1.75 bits per heavy atom. The Morgan fingerprint density at radius 3 is 2.39 bits per heavy atom. The fourth-order valence-corrected chi connectivity index (χ4v) is 4.34. The standard InChI is InChI=1S/C19H25ClN4O3S/c1-15-4-5-16(20)12-18(15)23-10-8-22(9-11-23)14-24-13-17(6-7-19(24)25)28(26,27)21(2)3/h4-7,12-13H,8-11,14H2,1-3H3. The minimum Gasteiger partial charge on any atom is -0.369 e. The zero-order valence-electron chi connectivity index (χ0n) is 16.3. The Morgan fingerprint density at radius 1 is 1.07 bits per heavy atom. The van der Waals surface area contributed by atoms with E-state index in [9.17, 15) is 13.2 Å². The number of aryl methyl sites for hydroxylation is 1. The van der Waals surface area contributed by atoms with Crippen molar-refractivity contribution in [1.82, 2.24) is 13.8 Å². The van der Waals surface area contributed by atoms with Crippen molar-refractivity contribution >= 4 is 27.3 Å². The van der Waals surface area contributed by atoms with Crippen LogP contribution >= 0.6 is 11.6 Å². The molecule has 152 valence electrons. The Bertz CT molecular complexity index is 1010. The molecule has 0 unspecified atom stereocenters. The molecule has 0 N–H and O–H groups in total. The molecule has 0 spiro atoms. The highest BCUT2D eigenvalue weighted by Gasteiger charge is 2.21. The molecule has 0 aliphatic carbocycles. The van der Waals surface area contributed by atoms with Crippen molar-refractivity contribution in [1.29, 1.82) is 0 Å². The molecule has 1 aromatic carbocycles. The molecule has 28 heavy (non-hydrogen) atoms. The summed E-state index contributed by atoms with van der Waals surface area (Å²) < 4.78 is 27.3. The predicted octanol–water partition coefficient (Wildman–Crippen LogP) is 1.84. The predicted molar refractivity (Wildman–Crippen MR) is 112 cm³/mol. The van der Waals surface area contributed by atoms with Crippen molar-refractivity contribution in [3.63, 3.8) is 0 Å². The van der Waals surface area contributed by atoms with Crippen LogP contribution in [0.5, 0.6) is 0 Å². The van der Waals surface area contributed by atoms with Crippen molar-refractivity contribution < 1.29 is 8.42 Å². The molecule has 0 atom stereocenters. The minimum atomic E-state index is -3.58. The first-order valence-electron chi connectivity index (χ1n) is 9.05. The van der Waals surface area contributed by atoms with Crippen LogP contribution in [0.4, 0.5) is 5.69 Å². The second-order valence-electron chi connectivity index (χ2n) is 7.14. The van der Waals surface area contributed by atoms with Gasteiger partial charge in [0.2, 0.25) is 10.0 Å². The molecule has 2 aromatic rings. The molecule has 1 fully saturated rings. The molecule has 2 heterocycles. The van der Waals surface area contributed by atoms with E-state index in [1.165, 1.54) is 42.6 Å². The number of halogens is 1. The third kappa shape index (κ3) is 4.41. The van der Waals surface area contributed by atoms with Gasteiger partial charge < -0.3 is 9.47 Å². The zero-order chi connectivity index (χ0) is 20.5. The molecule has 3 rings (SSSR count). The molecule has 0 radical (unpaired) electrons. The second kappa shape index (κ2) is 8.24. The van der Waals surface area contributed by atoms with E-state index in [-0.39, 0.29) is 10.5 Å². The lowest BCUT2D eigenvalue weighted by Crippen LogP contribution is -2.48. The summed E-state index contributed by atoms with van der Waals surface area (Å²) in [5.41, 5.74) is 2.09. The lowest BCUT2D eigenvalue weighted by molar-refractivity contribution is 0.202. The van der Waals surface area contributed by atoms with E-state index in [2.05, 4.69) is 16.7 Å². The quantitative estimate of drug-likeness (QED) is 0.732. The lowest BCUT2D eigenvalue weighted by atomic mass is 10.1. The number of sulfonamides is 1. The van der Waals surface area contributed by atoms with Crippen LogP contribution in [0.25, 0.3) is 0 Å². The molecule has 0 bridgehead atoms. The largest absolute Gasteiger partial charge is 0.369 e. The van der Waals surface area contributed by atoms with Gasteiger partial charge in [-0.3, -0.25) is 9.69 Å².